The van der Waals surface area contributed by atoms with Gasteiger partial charge in [0.1, 0.15) is 30.3 Å². The normalized spacial score (nSPS) is 16.6. The van der Waals surface area contributed by atoms with Crippen molar-refractivity contribution in [3.05, 3.63) is 21.9 Å². The Hall–Kier alpha value is -1.88. The number of aliphatic hydroxyl groups is 2. The van der Waals surface area contributed by atoms with Gasteiger partial charge < -0.3 is 19.7 Å². The Morgan fingerprint density at radius 2 is 1.31 bits per heavy atom. The lowest BCUT2D eigenvalue weighted by molar-refractivity contribution is -0.141. The highest BCUT2D eigenvalue weighted by Crippen LogP contribution is 2.59. The summed E-state index contributed by atoms with van der Waals surface area (Å²) in [5.74, 6) is 0.350. The van der Waals surface area contributed by atoms with Crippen LogP contribution in [0.1, 0.15) is 0 Å². The predicted octanol–water partition coefficient (Wildman–Crippen LogP) is 0.684. The van der Waals surface area contributed by atoms with Crippen molar-refractivity contribution in [3.8, 4) is 11.5 Å². The lowest BCUT2D eigenvalue weighted by Crippen LogP contribution is -2.33. The molecule has 0 atom stereocenters. The van der Waals surface area contributed by atoms with Gasteiger partial charge in [0.2, 0.25) is 0 Å². The second-order valence-corrected chi connectivity index (χ2v) is 7.69. The number of rotatable bonds is 6. The summed E-state index contributed by atoms with van der Waals surface area (Å²) in [5.41, 5.74) is 0.113. The molecule has 2 N–H and O–H groups in total. The van der Waals surface area contributed by atoms with Gasteiger partial charge >= 0.3 is 0 Å². The van der Waals surface area contributed by atoms with Crippen molar-refractivity contribution in [1.29, 1.82) is 0 Å². The van der Waals surface area contributed by atoms with Gasteiger partial charge in [0.15, 0.2) is 0 Å². The number of fused-ring (bicyclic) bond motifs is 1. The molecule has 2 aliphatic heterocycles. The molecule has 0 spiro atoms. The number of thioether (sulfide) groups is 2. The molecule has 1 aromatic rings. The number of benzene rings is 1. The first-order chi connectivity index (χ1) is 12.5. The van der Waals surface area contributed by atoms with E-state index in [1.807, 2.05) is 0 Å². The number of hydrogen-bond acceptors (Lipinski definition) is 8. The van der Waals surface area contributed by atoms with Crippen LogP contribution in [-0.2, 0) is 9.59 Å². The molecule has 0 saturated carbocycles. The molecule has 1 saturated heterocycles. The van der Waals surface area contributed by atoms with Crippen LogP contribution in [-0.4, -0.2) is 72.6 Å². The van der Waals surface area contributed by atoms with Crippen molar-refractivity contribution in [3.63, 3.8) is 0 Å². The third-order valence-corrected chi connectivity index (χ3v) is 6.42. The van der Waals surface area contributed by atoms with Gasteiger partial charge in [0.05, 0.1) is 27.2 Å². The highest BCUT2D eigenvalue weighted by molar-refractivity contribution is 8.25. The van der Waals surface area contributed by atoms with E-state index in [2.05, 4.69) is 0 Å². The average molecular weight is 398 g/mol. The number of aliphatic hydroxyl groups excluding tert-OH is 2. The molecular weight excluding hydrogens is 380 g/mol. The second kappa shape index (κ2) is 7.78. The zero-order valence-electron chi connectivity index (χ0n) is 14.2. The largest absolute Gasteiger partial charge is 0.490 e. The van der Waals surface area contributed by atoms with E-state index in [4.69, 9.17) is 19.7 Å². The van der Waals surface area contributed by atoms with Crippen molar-refractivity contribution < 1.29 is 29.3 Å². The van der Waals surface area contributed by atoms with Crippen LogP contribution in [0.25, 0.3) is 0 Å². The topological polar surface area (TPSA) is 99.5 Å². The van der Waals surface area contributed by atoms with E-state index < -0.39 is 0 Å². The fourth-order valence-electron chi connectivity index (χ4n) is 2.43. The Morgan fingerprint density at radius 3 is 1.69 bits per heavy atom. The summed E-state index contributed by atoms with van der Waals surface area (Å²) in [5, 5.41) is 20.5. The maximum Gasteiger partial charge on any atom is 0.279 e. The van der Waals surface area contributed by atoms with Crippen LogP contribution in [0.4, 0.5) is 0 Å². The molecule has 26 heavy (non-hydrogen) atoms. The Labute approximate surface area is 158 Å². The first kappa shape index (κ1) is 18.9. The van der Waals surface area contributed by atoms with Crippen LogP contribution in [0.15, 0.2) is 31.7 Å². The molecule has 3 rings (SSSR count). The molecule has 0 radical (unpaired) electrons. The van der Waals surface area contributed by atoms with E-state index in [0.29, 0.717) is 15.7 Å². The summed E-state index contributed by atoms with van der Waals surface area (Å²) in [6.07, 6.45) is 0. The third kappa shape index (κ3) is 3.25. The molecule has 0 aromatic heterocycles. The summed E-state index contributed by atoms with van der Waals surface area (Å²) < 4.78 is 11.7. The lowest BCUT2D eigenvalue weighted by Gasteiger charge is -2.16. The predicted molar refractivity (Wildman–Crippen MR) is 95.9 cm³/mol. The number of hydrogen-bond donors (Lipinski definition) is 2. The van der Waals surface area contributed by atoms with E-state index in [0.717, 1.165) is 9.79 Å². The molecule has 140 valence electrons. The molecule has 1 fully saturated rings. The summed E-state index contributed by atoms with van der Waals surface area (Å²) in [6.45, 7) is -0.000781. The van der Waals surface area contributed by atoms with Gasteiger partial charge in [-0.2, -0.15) is 0 Å². The monoisotopic (exact) mass is 398 g/mol. The van der Waals surface area contributed by atoms with Crippen LogP contribution < -0.4 is 9.47 Å². The zero-order valence-corrected chi connectivity index (χ0v) is 15.9. The zero-order chi connectivity index (χ0) is 18.8. The van der Waals surface area contributed by atoms with E-state index >= 15 is 0 Å². The Bertz CT molecular complexity index is 721. The van der Waals surface area contributed by atoms with Gasteiger partial charge in [0, 0.05) is 14.1 Å². The van der Waals surface area contributed by atoms with Crippen molar-refractivity contribution >= 4 is 35.3 Å². The SMILES string of the molecule is CN1C(=O)C(=C2Sc3c(OCCO)ccc(OCCO)c3S2)C(=O)N1C. The summed E-state index contributed by atoms with van der Waals surface area (Å²) in [6, 6.07) is 3.41. The van der Waals surface area contributed by atoms with E-state index in [1.165, 1.54) is 47.6 Å². The van der Waals surface area contributed by atoms with Crippen molar-refractivity contribution in [2.75, 3.05) is 40.5 Å². The Balaban J connectivity index is 2.01. The first-order valence-corrected chi connectivity index (χ1v) is 9.43. The highest BCUT2D eigenvalue weighted by Gasteiger charge is 2.41. The highest BCUT2D eigenvalue weighted by atomic mass is 32.2. The molecule has 8 nitrogen and oxygen atoms in total. The smallest absolute Gasteiger partial charge is 0.279 e. The molecule has 0 bridgehead atoms. The van der Waals surface area contributed by atoms with Gasteiger partial charge in [-0.3, -0.25) is 19.6 Å². The number of nitrogens with zero attached hydrogens (tertiary/aromatic N) is 2. The molecule has 0 aliphatic carbocycles. The van der Waals surface area contributed by atoms with E-state index in [-0.39, 0.29) is 43.8 Å². The van der Waals surface area contributed by atoms with E-state index in [1.54, 1.807) is 12.1 Å². The Morgan fingerprint density at radius 1 is 0.885 bits per heavy atom. The average Bonchev–Trinajstić information content (AvgIpc) is 3.15. The number of carbonyl (C=O) groups excluding carboxylic acids is 2. The van der Waals surface area contributed by atoms with Gasteiger partial charge in [-0.1, -0.05) is 23.5 Å². The van der Waals surface area contributed by atoms with Crippen molar-refractivity contribution in [2.24, 2.45) is 0 Å². The quantitative estimate of drug-likeness (QED) is 0.533. The van der Waals surface area contributed by atoms with Crippen LogP contribution in [0, 0.1) is 0 Å². The van der Waals surface area contributed by atoms with Gasteiger partial charge in [-0.05, 0) is 12.1 Å². The fraction of sp³-hybridized carbons (Fsp3) is 0.375. The Kier molecular flexibility index (Phi) is 5.66. The molecule has 1 aromatic carbocycles. The third-order valence-electron chi connectivity index (χ3n) is 3.80. The minimum Gasteiger partial charge on any atom is -0.490 e. The number of likely N-dealkylation sites (N-methyl/N-ethyl adjacent to an activating group) is 2. The maximum absolute atomic E-state index is 12.4. The number of amides is 2. The molecule has 10 heteroatoms. The summed E-state index contributed by atoms with van der Waals surface area (Å²) >= 11 is 2.54. The van der Waals surface area contributed by atoms with Crippen LogP contribution >= 0.6 is 23.5 Å². The number of hydrazine groups is 1. The van der Waals surface area contributed by atoms with Crippen LogP contribution in [0.3, 0.4) is 0 Å². The number of ether oxygens (including phenoxy) is 2. The second-order valence-electron chi connectivity index (χ2n) is 5.39. The van der Waals surface area contributed by atoms with Gasteiger partial charge in [-0.25, -0.2) is 0 Å². The molecule has 2 aliphatic rings. The molecule has 2 heterocycles. The lowest BCUT2D eigenvalue weighted by atomic mass is 10.3. The summed E-state index contributed by atoms with van der Waals surface area (Å²) in [4.78, 5) is 26.3. The van der Waals surface area contributed by atoms with Gasteiger partial charge in [0.25, 0.3) is 11.8 Å². The fourth-order valence-corrected chi connectivity index (χ4v) is 5.11. The first-order valence-electron chi connectivity index (χ1n) is 7.80. The minimum absolute atomic E-state index is 0.113. The van der Waals surface area contributed by atoms with Crippen molar-refractivity contribution in [2.45, 2.75) is 9.79 Å². The van der Waals surface area contributed by atoms with Crippen molar-refractivity contribution in [1.82, 2.24) is 10.0 Å². The standard InChI is InChI=1S/C16H18N2O6S2/c1-17-14(21)11(15(22)18(17)2)16-25-12-9(23-7-5-19)3-4-10(13(12)26-16)24-8-6-20/h3-4,19-20H,5-8H2,1-2H3. The molecule has 0 unspecified atom stereocenters. The minimum atomic E-state index is -0.365. The summed E-state index contributed by atoms with van der Waals surface area (Å²) in [7, 11) is 3.08. The molecule has 2 amide bonds. The van der Waals surface area contributed by atoms with Gasteiger partial charge in [-0.15, -0.1) is 0 Å². The van der Waals surface area contributed by atoms with Crippen LogP contribution in [0.5, 0.6) is 11.5 Å². The van der Waals surface area contributed by atoms with E-state index in [9.17, 15) is 9.59 Å². The maximum atomic E-state index is 12.4. The van der Waals surface area contributed by atoms with Crippen LogP contribution in [0.2, 0.25) is 0 Å². The number of carbonyl (C=O) groups is 2. The molecular formula is C16H18N2O6S2.